The molecule has 3 aliphatic rings. The van der Waals surface area contributed by atoms with E-state index in [4.69, 9.17) is 14.7 Å². The second-order valence-corrected chi connectivity index (χ2v) is 14.3. The summed E-state index contributed by atoms with van der Waals surface area (Å²) < 4.78 is 7.87. The molecule has 0 spiro atoms. The molecule has 254 valence electrons. The molecule has 5 aromatic rings. The van der Waals surface area contributed by atoms with E-state index < -0.39 is 5.97 Å². The third-order valence-corrected chi connectivity index (χ3v) is 11.4. The van der Waals surface area contributed by atoms with Gasteiger partial charge in [0, 0.05) is 48.1 Å². The van der Waals surface area contributed by atoms with E-state index in [0.29, 0.717) is 11.8 Å². The van der Waals surface area contributed by atoms with Crippen LogP contribution in [0.25, 0.3) is 44.5 Å². The predicted molar refractivity (Wildman–Crippen MR) is 197 cm³/mol. The van der Waals surface area contributed by atoms with Crippen molar-refractivity contribution in [3.05, 3.63) is 71.9 Å². The first-order valence-electron chi connectivity index (χ1n) is 18.3. The number of aromatic carboxylic acids is 1. The SMILES string of the molecule is CCN1CCCC(CCN2CCn3c(c(C4CCCCC4)c4ccc(C(=O)O)nc43)-c3ccc4nc(-c5cccc(OC)c5)ccc4c32)C1. The number of carbonyl (C=O) groups is 1. The zero-order chi connectivity index (χ0) is 33.5. The number of rotatable bonds is 8. The molecule has 1 atom stereocenters. The molecule has 0 amide bonds. The summed E-state index contributed by atoms with van der Waals surface area (Å²) in [5.74, 6) is 0.950. The van der Waals surface area contributed by atoms with E-state index in [1.165, 1.54) is 67.7 Å². The zero-order valence-corrected chi connectivity index (χ0v) is 28.8. The molecular weight excluding hydrogens is 610 g/mol. The number of nitrogens with zero attached hydrogens (tertiary/aromatic N) is 5. The van der Waals surface area contributed by atoms with Gasteiger partial charge in [-0.3, -0.25) is 0 Å². The Kier molecular flexibility index (Phi) is 8.74. The number of carboxylic acid groups (broad SMARTS) is 1. The minimum absolute atomic E-state index is 0.106. The minimum atomic E-state index is -0.982. The highest BCUT2D eigenvalue weighted by molar-refractivity contribution is 6.04. The van der Waals surface area contributed by atoms with E-state index >= 15 is 0 Å². The molecule has 8 nitrogen and oxygen atoms in total. The van der Waals surface area contributed by atoms with Gasteiger partial charge in [0.15, 0.2) is 5.69 Å². The van der Waals surface area contributed by atoms with Gasteiger partial charge in [-0.1, -0.05) is 38.3 Å². The molecule has 1 saturated carbocycles. The van der Waals surface area contributed by atoms with Gasteiger partial charge in [-0.15, -0.1) is 0 Å². The van der Waals surface area contributed by atoms with Crippen LogP contribution in [0, 0.1) is 5.92 Å². The van der Waals surface area contributed by atoms with Crippen molar-refractivity contribution in [1.29, 1.82) is 0 Å². The van der Waals surface area contributed by atoms with Crippen LogP contribution in [-0.4, -0.2) is 70.3 Å². The third-order valence-electron chi connectivity index (χ3n) is 11.4. The van der Waals surface area contributed by atoms with Crippen LogP contribution < -0.4 is 9.64 Å². The molecule has 2 aromatic carbocycles. The van der Waals surface area contributed by atoms with Crippen molar-refractivity contribution in [2.24, 2.45) is 5.92 Å². The second-order valence-electron chi connectivity index (χ2n) is 14.3. The Morgan fingerprint density at radius 1 is 0.918 bits per heavy atom. The van der Waals surface area contributed by atoms with Crippen LogP contribution in [0.3, 0.4) is 0 Å². The summed E-state index contributed by atoms with van der Waals surface area (Å²) in [5.41, 5.74) is 8.90. The van der Waals surface area contributed by atoms with Crippen molar-refractivity contribution < 1.29 is 14.6 Å². The smallest absolute Gasteiger partial charge is 0.354 e. The van der Waals surface area contributed by atoms with E-state index in [2.05, 4.69) is 51.6 Å². The average molecular weight is 658 g/mol. The van der Waals surface area contributed by atoms with Crippen molar-refractivity contribution >= 4 is 33.6 Å². The lowest BCUT2D eigenvalue weighted by molar-refractivity contribution is 0.0691. The second kappa shape index (κ2) is 13.5. The predicted octanol–water partition coefficient (Wildman–Crippen LogP) is 8.62. The van der Waals surface area contributed by atoms with Gasteiger partial charge in [-0.25, -0.2) is 14.8 Å². The summed E-state index contributed by atoms with van der Waals surface area (Å²) >= 11 is 0. The van der Waals surface area contributed by atoms with Crippen LogP contribution >= 0.6 is 0 Å². The van der Waals surface area contributed by atoms with Crippen LogP contribution in [0.15, 0.2) is 60.7 Å². The van der Waals surface area contributed by atoms with Crippen molar-refractivity contribution in [1.82, 2.24) is 19.4 Å². The Bertz CT molecular complexity index is 2010. The number of benzene rings is 2. The lowest BCUT2D eigenvalue weighted by Crippen LogP contribution is -2.37. The van der Waals surface area contributed by atoms with Gasteiger partial charge in [0.25, 0.3) is 0 Å². The molecule has 0 radical (unpaired) electrons. The summed E-state index contributed by atoms with van der Waals surface area (Å²) in [5, 5.41) is 12.2. The summed E-state index contributed by atoms with van der Waals surface area (Å²) in [7, 11) is 1.70. The fourth-order valence-electron chi connectivity index (χ4n) is 8.91. The molecule has 2 fully saturated rings. The van der Waals surface area contributed by atoms with E-state index in [1.54, 1.807) is 13.2 Å². The maximum absolute atomic E-state index is 12.1. The van der Waals surface area contributed by atoms with Gasteiger partial charge in [-0.2, -0.15) is 0 Å². The Balaban J connectivity index is 1.30. The fraction of sp³-hybridized carbons (Fsp3) is 0.439. The van der Waals surface area contributed by atoms with E-state index in [9.17, 15) is 9.90 Å². The molecule has 1 unspecified atom stereocenters. The molecule has 8 heteroatoms. The van der Waals surface area contributed by atoms with E-state index in [0.717, 1.165) is 84.4 Å². The summed E-state index contributed by atoms with van der Waals surface area (Å²) in [6, 6.07) is 20.7. The first-order valence-corrected chi connectivity index (χ1v) is 18.3. The van der Waals surface area contributed by atoms with Crippen LogP contribution in [0.5, 0.6) is 5.75 Å². The quantitative estimate of drug-likeness (QED) is 0.179. The molecule has 8 rings (SSSR count). The molecule has 1 saturated heterocycles. The normalized spacial score (nSPS) is 18.7. The van der Waals surface area contributed by atoms with Gasteiger partial charge in [-0.05, 0) is 111 Å². The lowest BCUT2D eigenvalue weighted by atomic mass is 9.81. The van der Waals surface area contributed by atoms with Gasteiger partial charge >= 0.3 is 5.97 Å². The van der Waals surface area contributed by atoms with Gasteiger partial charge in [0.2, 0.25) is 0 Å². The number of pyridine rings is 2. The number of fused-ring (bicyclic) bond motifs is 7. The maximum atomic E-state index is 12.1. The van der Waals surface area contributed by atoms with E-state index in [-0.39, 0.29) is 5.69 Å². The number of ether oxygens (including phenoxy) is 1. The Labute approximate surface area is 288 Å². The van der Waals surface area contributed by atoms with Crippen LogP contribution in [-0.2, 0) is 6.54 Å². The standard InChI is InChI=1S/C41H47N5O3/c1-3-44-21-8-9-27(26-44)20-22-45-23-24-46-39(37(28-10-5-4-6-11-28)32-15-19-36(41(47)48)43-40(32)46)33-16-18-35-31(38(33)45)14-17-34(42-35)29-12-7-13-30(25-29)49-2/h7,12-19,25,27-28H,3-6,8-11,20-24,26H2,1-2H3,(H,47,48). The molecule has 1 N–H and O–H groups in total. The lowest BCUT2D eigenvalue weighted by Gasteiger charge is -2.34. The summed E-state index contributed by atoms with van der Waals surface area (Å²) in [4.78, 5) is 27.4. The van der Waals surface area contributed by atoms with E-state index in [1.807, 2.05) is 24.3 Å². The number of methoxy groups -OCH3 is 1. The summed E-state index contributed by atoms with van der Waals surface area (Å²) in [6.45, 7) is 8.34. The first-order chi connectivity index (χ1) is 24.0. The number of likely N-dealkylation sites (tertiary alicyclic amines) is 1. The van der Waals surface area contributed by atoms with Crippen LogP contribution in [0.2, 0.25) is 0 Å². The highest BCUT2D eigenvalue weighted by Crippen LogP contribution is 2.49. The Hall–Kier alpha value is -4.43. The van der Waals surface area contributed by atoms with Gasteiger partial charge in [0.05, 0.1) is 29.7 Å². The average Bonchev–Trinajstić information content (AvgIpc) is 3.38. The van der Waals surface area contributed by atoms with Crippen molar-refractivity contribution in [2.75, 3.05) is 44.7 Å². The molecule has 3 aromatic heterocycles. The molecule has 1 aliphatic carbocycles. The van der Waals surface area contributed by atoms with Crippen molar-refractivity contribution in [2.45, 2.75) is 70.8 Å². The Morgan fingerprint density at radius 3 is 2.59 bits per heavy atom. The maximum Gasteiger partial charge on any atom is 0.354 e. The van der Waals surface area contributed by atoms with Gasteiger partial charge in [0.1, 0.15) is 11.4 Å². The third kappa shape index (κ3) is 5.94. The van der Waals surface area contributed by atoms with Crippen molar-refractivity contribution in [3.63, 3.8) is 0 Å². The molecule has 49 heavy (non-hydrogen) atoms. The molecule has 2 aliphatic heterocycles. The highest BCUT2D eigenvalue weighted by Gasteiger charge is 2.33. The number of piperidine rings is 1. The summed E-state index contributed by atoms with van der Waals surface area (Å²) in [6.07, 6.45) is 9.74. The highest BCUT2D eigenvalue weighted by atomic mass is 16.5. The first kappa shape index (κ1) is 31.8. The number of anilines is 1. The van der Waals surface area contributed by atoms with Crippen LogP contribution in [0.1, 0.15) is 80.3 Å². The van der Waals surface area contributed by atoms with Crippen molar-refractivity contribution in [3.8, 4) is 28.3 Å². The number of hydrogen-bond donors (Lipinski definition) is 1. The topological polar surface area (TPSA) is 83.7 Å². The monoisotopic (exact) mass is 657 g/mol. The largest absolute Gasteiger partial charge is 0.497 e. The number of carboxylic acids is 1. The molecular formula is C41H47N5O3. The molecule has 0 bridgehead atoms. The van der Waals surface area contributed by atoms with Crippen LogP contribution in [0.4, 0.5) is 5.69 Å². The zero-order valence-electron chi connectivity index (χ0n) is 28.8. The number of hydrogen-bond acceptors (Lipinski definition) is 6. The number of aromatic nitrogens is 3. The Morgan fingerprint density at radius 2 is 1.78 bits per heavy atom. The van der Waals surface area contributed by atoms with Gasteiger partial charge < -0.3 is 24.2 Å². The molecule has 5 heterocycles. The minimum Gasteiger partial charge on any atom is -0.497 e. The fourth-order valence-corrected chi connectivity index (χ4v) is 8.91.